The molecule has 178 valence electrons. The molecular weight excluding hydrogens is 434 g/mol. The Kier molecular flexibility index (Phi) is 9.11. The number of amides is 2. The van der Waals surface area contributed by atoms with Gasteiger partial charge in [-0.1, -0.05) is 68.6 Å². The van der Waals surface area contributed by atoms with Crippen LogP contribution in [0.5, 0.6) is 0 Å². The summed E-state index contributed by atoms with van der Waals surface area (Å²) in [6, 6.07) is 7.48. The summed E-state index contributed by atoms with van der Waals surface area (Å²) in [5, 5.41) is 15.7. The molecule has 33 heavy (non-hydrogen) atoms. The zero-order chi connectivity index (χ0) is 23.8. The van der Waals surface area contributed by atoms with Crippen LogP contribution in [-0.4, -0.2) is 38.4 Å². The standard InChI is InChI=1S/C25H35N5O2S/c1-5-14-30-23(22(17(2)3)27-24(32)19-11-9-10-18(4)15-19)28-29-25(30)33-16-21(31)26-20-12-7-6-8-13-20/h5,9-11,15,17,20,22H,1,6-8,12-14,16H2,2-4H3,(H,26,31)(H,27,32)/t22-/m0/s1. The molecule has 1 aromatic heterocycles. The maximum Gasteiger partial charge on any atom is 0.251 e. The van der Waals surface area contributed by atoms with Gasteiger partial charge in [-0.2, -0.15) is 0 Å². The minimum Gasteiger partial charge on any atom is -0.353 e. The minimum absolute atomic E-state index is 0.0229. The minimum atomic E-state index is -0.323. The normalized spacial score (nSPS) is 15.3. The van der Waals surface area contributed by atoms with Crippen molar-refractivity contribution in [2.75, 3.05) is 5.75 Å². The highest BCUT2D eigenvalue weighted by molar-refractivity contribution is 7.99. The van der Waals surface area contributed by atoms with Gasteiger partial charge in [-0.3, -0.25) is 9.59 Å². The molecule has 1 atom stereocenters. The molecule has 0 unspecified atom stereocenters. The van der Waals surface area contributed by atoms with Gasteiger partial charge in [0.2, 0.25) is 5.91 Å². The number of rotatable bonds is 10. The molecule has 1 aliphatic rings. The van der Waals surface area contributed by atoms with E-state index in [2.05, 4.69) is 27.4 Å². The first-order valence-electron chi connectivity index (χ1n) is 11.7. The van der Waals surface area contributed by atoms with Gasteiger partial charge < -0.3 is 15.2 Å². The molecule has 1 fully saturated rings. The van der Waals surface area contributed by atoms with Crippen molar-refractivity contribution in [3.8, 4) is 0 Å². The Hall–Kier alpha value is -2.61. The maximum atomic E-state index is 12.9. The smallest absolute Gasteiger partial charge is 0.251 e. The number of carbonyl (C=O) groups excluding carboxylic acids is 2. The Morgan fingerprint density at radius 3 is 2.67 bits per heavy atom. The molecule has 1 heterocycles. The average molecular weight is 470 g/mol. The number of thioether (sulfide) groups is 1. The zero-order valence-electron chi connectivity index (χ0n) is 19.8. The third kappa shape index (κ3) is 6.93. The molecule has 0 radical (unpaired) electrons. The Bertz CT molecular complexity index is 965. The summed E-state index contributed by atoms with van der Waals surface area (Å²) in [6.07, 6.45) is 7.51. The van der Waals surface area contributed by atoms with Gasteiger partial charge >= 0.3 is 0 Å². The fourth-order valence-corrected chi connectivity index (χ4v) is 4.89. The molecule has 0 saturated heterocycles. The second kappa shape index (κ2) is 12.0. The van der Waals surface area contributed by atoms with Gasteiger partial charge in [0.1, 0.15) is 0 Å². The highest BCUT2D eigenvalue weighted by atomic mass is 32.2. The van der Waals surface area contributed by atoms with Gasteiger partial charge in [0.25, 0.3) is 5.91 Å². The summed E-state index contributed by atoms with van der Waals surface area (Å²) in [5.74, 6) is 0.926. The van der Waals surface area contributed by atoms with Gasteiger partial charge in [0.05, 0.1) is 11.8 Å². The van der Waals surface area contributed by atoms with Crippen molar-refractivity contribution in [3.05, 3.63) is 53.9 Å². The number of carbonyl (C=O) groups is 2. The molecule has 0 aliphatic heterocycles. The topological polar surface area (TPSA) is 88.9 Å². The van der Waals surface area contributed by atoms with Crippen molar-refractivity contribution >= 4 is 23.6 Å². The third-order valence-corrected chi connectivity index (χ3v) is 6.84. The largest absolute Gasteiger partial charge is 0.353 e. The summed E-state index contributed by atoms with van der Waals surface area (Å²) in [6.45, 7) is 10.4. The van der Waals surface area contributed by atoms with Gasteiger partial charge in [-0.25, -0.2) is 0 Å². The highest BCUT2D eigenvalue weighted by Gasteiger charge is 2.26. The number of nitrogens with one attached hydrogen (secondary N) is 2. The van der Waals surface area contributed by atoms with Crippen molar-refractivity contribution in [2.24, 2.45) is 5.92 Å². The van der Waals surface area contributed by atoms with Crippen molar-refractivity contribution in [2.45, 2.75) is 76.7 Å². The van der Waals surface area contributed by atoms with E-state index in [1.54, 1.807) is 12.1 Å². The van der Waals surface area contributed by atoms with Crippen LogP contribution in [-0.2, 0) is 11.3 Å². The molecule has 0 spiro atoms. The number of nitrogens with zero attached hydrogens (tertiary/aromatic N) is 3. The molecule has 2 amide bonds. The molecular formula is C25H35N5O2S. The predicted octanol–water partition coefficient (Wildman–Crippen LogP) is 4.44. The summed E-state index contributed by atoms with van der Waals surface area (Å²) >= 11 is 1.37. The molecule has 2 aromatic rings. The van der Waals surface area contributed by atoms with E-state index in [4.69, 9.17) is 0 Å². The van der Waals surface area contributed by atoms with E-state index in [0.29, 0.717) is 23.1 Å². The fourth-order valence-electron chi connectivity index (χ4n) is 4.12. The van der Waals surface area contributed by atoms with Crippen LogP contribution in [0.1, 0.15) is 73.7 Å². The lowest BCUT2D eigenvalue weighted by molar-refractivity contribution is -0.119. The van der Waals surface area contributed by atoms with Gasteiger partial charge in [-0.15, -0.1) is 16.8 Å². The maximum absolute atomic E-state index is 12.9. The van der Waals surface area contributed by atoms with Gasteiger partial charge in [-0.05, 0) is 37.8 Å². The van der Waals surface area contributed by atoms with Crippen LogP contribution in [0.25, 0.3) is 0 Å². The zero-order valence-corrected chi connectivity index (χ0v) is 20.7. The van der Waals surface area contributed by atoms with Crippen molar-refractivity contribution in [3.63, 3.8) is 0 Å². The van der Waals surface area contributed by atoms with Crippen LogP contribution in [0.4, 0.5) is 0 Å². The monoisotopic (exact) mass is 469 g/mol. The number of benzene rings is 1. The SMILES string of the molecule is C=CCn1c(SCC(=O)NC2CCCCC2)nnc1[C@@H](NC(=O)c1cccc(C)c1)C(C)C. The lowest BCUT2D eigenvalue weighted by Crippen LogP contribution is -2.37. The molecule has 2 N–H and O–H groups in total. The molecule has 1 aromatic carbocycles. The van der Waals surface area contributed by atoms with Crippen LogP contribution in [0, 0.1) is 12.8 Å². The second-order valence-corrected chi connectivity index (χ2v) is 9.94. The molecule has 1 saturated carbocycles. The Balaban J connectivity index is 1.71. The summed E-state index contributed by atoms with van der Waals surface area (Å²) in [7, 11) is 0. The van der Waals surface area contributed by atoms with E-state index in [1.165, 1.54) is 31.0 Å². The van der Waals surface area contributed by atoms with Crippen molar-refractivity contribution < 1.29 is 9.59 Å². The predicted molar refractivity (Wildman–Crippen MR) is 132 cm³/mol. The Labute approximate surface area is 200 Å². The lowest BCUT2D eigenvalue weighted by atomic mass is 9.95. The van der Waals surface area contributed by atoms with E-state index in [9.17, 15) is 9.59 Å². The number of aryl methyl sites for hydroxylation is 1. The molecule has 1 aliphatic carbocycles. The van der Waals surface area contributed by atoms with Crippen molar-refractivity contribution in [1.82, 2.24) is 25.4 Å². The van der Waals surface area contributed by atoms with E-state index in [-0.39, 0.29) is 35.6 Å². The fraction of sp³-hybridized carbons (Fsp3) is 0.520. The van der Waals surface area contributed by atoms with E-state index in [1.807, 2.05) is 43.5 Å². The lowest BCUT2D eigenvalue weighted by Gasteiger charge is -2.23. The summed E-state index contributed by atoms with van der Waals surface area (Å²) in [5.41, 5.74) is 1.65. The van der Waals surface area contributed by atoms with E-state index < -0.39 is 0 Å². The Morgan fingerprint density at radius 1 is 1.24 bits per heavy atom. The Morgan fingerprint density at radius 2 is 2.00 bits per heavy atom. The van der Waals surface area contributed by atoms with E-state index >= 15 is 0 Å². The summed E-state index contributed by atoms with van der Waals surface area (Å²) in [4.78, 5) is 25.4. The number of hydrogen-bond donors (Lipinski definition) is 2. The summed E-state index contributed by atoms with van der Waals surface area (Å²) < 4.78 is 1.94. The number of allylic oxidation sites excluding steroid dienone is 1. The molecule has 8 heteroatoms. The van der Waals surface area contributed by atoms with Gasteiger partial charge in [0.15, 0.2) is 11.0 Å². The highest BCUT2D eigenvalue weighted by Crippen LogP contribution is 2.26. The van der Waals surface area contributed by atoms with Crippen LogP contribution in [0.3, 0.4) is 0 Å². The third-order valence-electron chi connectivity index (χ3n) is 5.87. The molecule has 0 bridgehead atoms. The van der Waals surface area contributed by atoms with Crippen LogP contribution >= 0.6 is 11.8 Å². The number of aromatic nitrogens is 3. The molecule has 7 nitrogen and oxygen atoms in total. The van der Waals surface area contributed by atoms with E-state index in [0.717, 1.165) is 18.4 Å². The van der Waals surface area contributed by atoms with Gasteiger partial charge in [0, 0.05) is 18.2 Å². The van der Waals surface area contributed by atoms with Crippen LogP contribution in [0.15, 0.2) is 42.1 Å². The van der Waals surface area contributed by atoms with Crippen LogP contribution in [0.2, 0.25) is 0 Å². The first-order valence-corrected chi connectivity index (χ1v) is 12.7. The first-order chi connectivity index (χ1) is 15.9. The van der Waals surface area contributed by atoms with Crippen molar-refractivity contribution in [1.29, 1.82) is 0 Å². The average Bonchev–Trinajstić information content (AvgIpc) is 3.18. The second-order valence-electron chi connectivity index (χ2n) is 9.00. The number of hydrogen-bond acceptors (Lipinski definition) is 5. The van der Waals surface area contributed by atoms with Crippen LogP contribution < -0.4 is 10.6 Å². The molecule has 3 rings (SSSR count). The quantitative estimate of drug-likeness (QED) is 0.397. The first kappa shape index (κ1) is 25.0.